The molecule has 3 rings (SSSR count). The summed E-state index contributed by atoms with van der Waals surface area (Å²) in [5.41, 5.74) is 3.41. The molecule has 0 saturated heterocycles. The zero-order valence-electron chi connectivity index (χ0n) is 7.09. The van der Waals surface area contributed by atoms with Crippen molar-refractivity contribution in [2.45, 2.75) is 0 Å². The van der Waals surface area contributed by atoms with Gasteiger partial charge >= 0.3 is 0 Å². The summed E-state index contributed by atoms with van der Waals surface area (Å²) in [4.78, 5) is 0. The molecule has 4 heteroatoms. The maximum atomic E-state index is 4.02. The number of benzene rings is 1. The van der Waals surface area contributed by atoms with Crippen LogP contribution in [0, 0.1) is 0 Å². The van der Waals surface area contributed by atoms with Gasteiger partial charge in [-0.3, -0.25) is 5.10 Å². The highest BCUT2D eigenvalue weighted by atomic mass is 15.1. The van der Waals surface area contributed by atoms with Crippen LogP contribution in [0.4, 0.5) is 11.4 Å². The average Bonchev–Trinajstić information content (AvgIpc) is 2.65. The second-order valence-corrected chi connectivity index (χ2v) is 3.17. The summed E-state index contributed by atoms with van der Waals surface area (Å²) in [7, 11) is 0. The third kappa shape index (κ3) is 0.884. The molecule has 1 aromatic heterocycles. The number of anilines is 2. The third-order valence-electron chi connectivity index (χ3n) is 2.37. The Hall–Kier alpha value is -1.71. The summed E-state index contributed by atoms with van der Waals surface area (Å²) in [6.45, 7) is 1.95. The van der Waals surface area contributed by atoms with Crippen LogP contribution in [0.3, 0.4) is 0 Å². The van der Waals surface area contributed by atoms with E-state index in [-0.39, 0.29) is 0 Å². The first-order chi connectivity index (χ1) is 6.45. The molecule has 2 aromatic rings. The van der Waals surface area contributed by atoms with Gasteiger partial charge in [-0.2, -0.15) is 5.10 Å². The largest absolute Gasteiger partial charge is 0.382 e. The normalized spacial score (nSPS) is 14.8. The molecule has 4 nitrogen and oxygen atoms in total. The van der Waals surface area contributed by atoms with E-state index in [1.807, 2.05) is 12.3 Å². The van der Waals surface area contributed by atoms with Gasteiger partial charge < -0.3 is 10.6 Å². The molecule has 1 aliphatic heterocycles. The number of nitrogens with zero attached hydrogens (tertiary/aromatic N) is 1. The van der Waals surface area contributed by atoms with Crippen LogP contribution < -0.4 is 10.6 Å². The van der Waals surface area contributed by atoms with E-state index >= 15 is 0 Å². The van der Waals surface area contributed by atoms with E-state index in [0.29, 0.717) is 0 Å². The van der Waals surface area contributed by atoms with Gasteiger partial charge in [0.15, 0.2) is 0 Å². The molecule has 0 saturated carbocycles. The van der Waals surface area contributed by atoms with Crippen LogP contribution in [-0.4, -0.2) is 23.3 Å². The van der Waals surface area contributed by atoms with Gasteiger partial charge in [0.1, 0.15) is 0 Å². The van der Waals surface area contributed by atoms with Crippen molar-refractivity contribution in [2.24, 2.45) is 0 Å². The van der Waals surface area contributed by atoms with E-state index in [4.69, 9.17) is 0 Å². The molecule has 3 N–H and O–H groups in total. The Morgan fingerprint density at radius 3 is 3.08 bits per heavy atom. The first kappa shape index (κ1) is 6.77. The van der Waals surface area contributed by atoms with Gasteiger partial charge in [0.05, 0.1) is 23.1 Å². The highest BCUT2D eigenvalue weighted by molar-refractivity contribution is 5.98. The highest BCUT2D eigenvalue weighted by Gasteiger charge is 2.11. The van der Waals surface area contributed by atoms with E-state index in [0.717, 1.165) is 29.7 Å². The second-order valence-electron chi connectivity index (χ2n) is 3.17. The van der Waals surface area contributed by atoms with Gasteiger partial charge in [-0.25, -0.2) is 0 Å². The molecule has 0 spiro atoms. The lowest BCUT2D eigenvalue weighted by atomic mass is 10.1. The zero-order chi connectivity index (χ0) is 8.67. The molecule has 0 radical (unpaired) electrons. The highest BCUT2D eigenvalue weighted by Crippen LogP contribution is 2.31. The van der Waals surface area contributed by atoms with Crippen molar-refractivity contribution in [2.75, 3.05) is 23.7 Å². The van der Waals surface area contributed by atoms with Crippen LogP contribution in [-0.2, 0) is 0 Å². The van der Waals surface area contributed by atoms with Crippen LogP contribution in [0.5, 0.6) is 0 Å². The zero-order valence-corrected chi connectivity index (χ0v) is 7.09. The number of nitrogens with one attached hydrogen (secondary N) is 3. The van der Waals surface area contributed by atoms with Crippen LogP contribution in [0.2, 0.25) is 0 Å². The van der Waals surface area contributed by atoms with Crippen molar-refractivity contribution in [1.29, 1.82) is 0 Å². The molecule has 1 aliphatic rings. The predicted molar refractivity (Wildman–Crippen MR) is 53.1 cm³/mol. The number of hydrogen-bond donors (Lipinski definition) is 3. The minimum Gasteiger partial charge on any atom is -0.382 e. The molecule has 0 aliphatic carbocycles. The number of fused-ring (bicyclic) bond motifs is 3. The minimum atomic E-state index is 0.970. The lowest BCUT2D eigenvalue weighted by molar-refractivity contribution is 1.05. The van der Waals surface area contributed by atoms with Crippen LogP contribution in [0.1, 0.15) is 0 Å². The fourth-order valence-electron chi connectivity index (χ4n) is 1.74. The van der Waals surface area contributed by atoms with Gasteiger partial charge in [-0.15, -0.1) is 0 Å². The van der Waals surface area contributed by atoms with Crippen molar-refractivity contribution >= 4 is 22.3 Å². The Bertz CT molecular complexity index is 446. The average molecular weight is 174 g/mol. The molecule has 0 atom stereocenters. The predicted octanol–water partition coefficient (Wildman–Crippen LogP) is 1.40. The smallest absolute Gasteiger partial charge is 0.0688 e. The maximum Gasteiger partial charge on any atom is 0.0688 e. The van der Waals surface area contributed by atoms with E-state index < -0.39 is 0 Å². The molecule has 0 amide bonds. The summed E-state index contributed by atoms with van der Waals surface area (Å²) in [6, 6.07) is 4.11. The van der Waals surface area contributed by atoms with Gasteiger partial charge in [0.2, 0.25) is 0 Å². The molecule has 13 heavy (non-hydrogen) atoms. The SMILES string of the molecule is c1cc2[nH]ncc2c2c1NCCN2. The Morgan fingerprint density at radius 2 is 2.08 bits per heavy atom. The van der Waals surface area contributed by atoms with Crippen LogP contribution >= 0.6 is 0 Å². The number of aromatic amines is 1. The third-order valence-corrected chi connectivity index (χ3v) is 2.37. The van der Waals surface area contributed by atoms with Crippen molar-refractivity contribution in [3.05, 3.63) is 18.3 Å². The van der Waals surface area contributed by atoms with Gasteiger partial charge in [0, 0.05) is 18.5 Å². The van der Waals surface area contributed by atoms with Crippen molar-refractivity contribution in [3.8, 4) is 0 Å². The molecule has 66 valence electrons. The summed E-state index contributed by atoms with van der Waals surface area (Å²) in [5, 5.41) is 14.8. The summed E-state index contributed by atoms with van der Waals surface area (Å²) in [5.74, 6) is 0. The quantitative estimate of drug-likeness (QED) is 0.566. The van der Waals surface area contributed by atoms with Gasteiger partial charge in [0.25, 0.3) is 0 Å². The monoisotopic (exact) mass is 174 g/mol. The standard InChI is InChI=1S/C9H10N4/c1-2-8-9(11-4-3-10-8)6-5-12-13-7(1)6/h1-2,5,10-11H,3-4H2,(H,12,13). The van der Waals surface area contributed by atoms with E-state index in [1.54, 1.807) is 0 Å². The maximum absolute atomic E-state index is 4.02. The molecule has 0 bridgehead atoms. The first-order valence-corrected chi connectivity index (χ1v) is 4.39. The Morgan fingerprint density at radius 1 is 1.15 bits per heavy atom. The summed E-state index contributed by atoms with van der Waals surface area (Å²) in [6.07, 6.45) is 1.86. The minimum absolute atomic E-state index is 0.970. The summed E-state index contributed by atoms with van der Waals surface area (Å²) >= 11 is 0. The lowest BCUT2D eigenvalue weighted by Crippen LogP contribution is -2.20. The fourth-order valence-corrected chi connectivity index (χ4v) is 1.74. The molecular formula is C9H10N4. The van der Waals surface area contributed by atoms with Crippen molar-refractivity contribution in [1.82, 2.24) is 10.2 Å². The molecular weight excluding hydrogens is 164 g/mol. The fraction of sp³-hybridized carbons (Fsp3) is 0.222. The Labute approximate surface area is 75.3 Å². The number of rotatable bonds is 0. The van der Waals surface area contributed by atoms with Crippen LogP contribution in [0.25, 0.3) is 10.9 Å². The van der Waals surface area contributed by atoms with Crippen molar-refractivity contribution < 1.29 is 0 Å². The Kier molecular flexibility index (Phi) is 1.24. The van der Waals surface area contributed by atoms with Gasteiger partial charge in [-0.05, 0) is 12.1 Å². The van der Waals surface area contributed by atoms with E-state index in [1.165, 1.54) is 5.69 Å². The molecule has 1 aromatic carbocycles. The molecule has 2 heterocycles. The van der Waals surface area contributed by atoms with E-state index in [9.17, 15) is 0 Å². The Balaban J connectivity index is 2.34. The second kappa shape index (κ2) is 2.39. The van der Waals surface area contributed by atoms with Crippen molar-refractivity contribution in [3.63, 3.8) is 0 Å². The number of aromatic nitrogens is 2. The molecule has 0 fully saturated rings. The topological polar surface area (TPSA) is 52.7 Å². The first-order valence-electron chi connectivity index (χ1n) is 4.39. The van der Waals surface area contributed by atoms with Crippen LogP contribution in [0.15, 0.2) is 18.3 Å². The number of H-pyrrole nitrogens is 1. The number of hydrogen-bond acceptors (Lipinski definition) is 3. The summed E-state index contributed by atoms with van der Waals surface area (Å²) < 4.78 is 0. The molecule has 0 unspecified atom stereocenters. The van der Waals surface area contributed by atoms with Gasteiger partial charge in [-0.1, -0.05) is 0 Å². The van der Waals surface area contributed by atoms with E-state index in [2.05, 4.69) is 26.9 Å². The lowest BCUT2D eigenvalue weighted by Gasteiger charge is -2.20.